The van der Waals surface area contributed by atoms with Crippen molar-refractivity contribution >= 4 is 0 Å². The van der Waals surface area contributed by atoms with Gasteiger partial charge in [0.2, 0.25) is 0 Å². The Hall–Kier alpha value is 0. The average Bonchev–Trinajstić information content (AvgIpc) is 2.77. The predicted molar refractivity (Wildman–Crippen MR) is 66.5 cm³/mol. The van der Waals surface area contributed by atoms with Gasteiger partial charge in [0.25, 0.3) is 0 Å². The van der Waals surface area contributed by atoms with Gasteiger partial charge in [0.15, 0.2) is 0 Å². The number of hydrogen-bond acceptors (Lipinski definition) is 0. The van der Waals surface area contributed by atoms with E-state index in [1.54, 1.807) is 0 Å². The van der Waals surface area contributed by atoms with Crippen LogP contribution in [-0.2, 0) is 0 Å². The van der Waals surface area contributed by atoms with Gasteiger partial charge in [-0.3, -0.25) is 0 Å². The Labute approximate surface area is 91.5 Å². The Balaban J connectivity index is 0.000000213. The van der Waals surface area contributed by atoms with Gasteiger partial charge < -0.3 is 0 Å². The molecule has 2 unspecified atom stereocenters. The Bertz CT molecular complexity index is 107. The third kappa shape index (κ3) is 6.45. The van der Waals surface area contributed by atoms with Crippen LogP contribution in [0.5, 0.6) is 0 Å². The highest BCUT2D eigenvalue weighted by molar-refractivity contribution is 4.76. The zero-order chi connectivity index (χ0) is 11.0. The summed E-state index contributed by atoms with van der Waals surface area (Å²) in [5, 5.41) is 0. The van der Waals surface area contributed by atoms with E-state index in [0.717, 1.165) is 17.8 Å². The van der Waals surface area contributed by atoms with Crippen LogP contribution in [0.15, 0.2) is 0 Å². The van der Waals surface area contributed by atoms with E-state index in [1.165, 1.54) is 38.5 Å². The summed E-state index contributed by atoms with van der Waals surface area (Å²) in [6.45, 7) is 10.9. The molecule has 2 aliphatic carbocycles. The maximum Gasteiger partial charge on any atom is -0.0414 e. The SMILES string of the molecule is CC.CC1CC1C.CCCC1CCC1. The van der Waals surface area contributed by atoms with Crippen LogP contribution in [0.25, 0.3) is 0 Å². The van der Waals surface area contributed by atoms with Crippen molar-refractivity contribution in [3.63, 3.8) is 0 Å². The summed E-state index contributed by atoms with van der Waals surface area (Å²) >= 11 is 0. The van der Waals surface area contributed by atoms with Crippen LogP contribution in [0.3, 0.4) is 0 Å². The van der Waals surface area contributed by atoms with Crippen molar-refractivity contribution in [2.45, 2.75) is 73.1 Å². The van der Waals surface area contributed by atoms with Crippen molar-refractivity contribution < 1.29 is 0 Å². The smallest absolute Gasteiger partial charge is 0.0414 e. The molecule has 2 atom stereocenters. The summed E-state index contributed by atoms with van der Waals surface area (Å²) in [5.74, 6) is 3.23. The molecule has 0 aromatic carbocycles. The summed E-state index contributed by atoms with van der Waals surface area (Å²) in [6.07, 6.45) is 8.90. The Kier molecular flexibility index (Phi) is 8.32. The molecule has 0 amide bonds. The molecule has 2 rings (SSSR count). The van der Waals surface area contributed by atoms with E-state index >= 15 is 0 Å². The first kappa shape index (κ1) is 14.0. The van der Waals surface area contributed by atoms with Gasteiger partial charge in [-0.1, -0.05) is 66.7 Å². The Morgan fingerprint density at radius 1 is 1.00 bits per heavy atom. The van der Waals surface area contributed by atoms with Crippen molar-refractivity contribution in [3.05, 3.63) is 0 Å². The molecule has 14 heavy (non-hydrogen) atoms. The molecule has 0 heterocycles. The highest BCUT2D eigenvalue weighted by Gasteiger charge is 2.26. The second-order valence-electron chi connectivity index (χ2n) is 4.78. The lowest BCUT2D eigenvalue weighted by molar-refractivity contribution is 0.294. The predicted octanol–water partition coefficient (Wildman–Crippen LogP) is 5.28. The van der Waals surface area contributed by atoms with Crippen LogP contribution in [0, 0.1) is 17.8 Å². The fraction of sp³-hybridized carbons (Fsp3) is 1.00. The van der Waals surface area contributed by atoms with E-state index in [1.807, 2.05) is 13.8 Å². The normalized spacial score (nSPS) is 28.9. The van der Waals surface area contributed by atoms with Crippen molar-refractivity contribution in [3.8, 4) is 0 Å². The lowest BCUT2D eigenvalue weighted by atomic mass is 9.82. The molecule has 2 aliphatic rings. The Morgan fingerprint density at radius 2 is 1.43 bits per heavy atom. The molecule has 2 fully saturated rings. The topological polar surface area (TPSA) is 0 Å². The van der Waals surface area contributed by atoms with Crippen molar-refractivity contribution in [1.29, 1.82) is 0 Å². The molecule has 0 nitrogen and oxygen atoms in total. The number of rotatable bonds is 2. The second-order valence-corrected chi connectivity index (χ2v) is 4.78. The lowest BCUT2D eigenvalue weighted by Gasteiger charge is -2.24. The van der Waals surface area contributed by atoms with E-state index < -0.39 is 0 Å². The molecule has 0 bridgehead atoms. The molecule has 0 saturated heterocycles. The molecule has 0 N–H and O–H groups in total. The van der Waals surface area contributed by atoms with Gasteiger partial charge in [-0.25, -0.2) is 0 Å². The molecule has 0 aromatic rings. The summed E-state index contributed by atoms with van der Waals surface area (Å²) in [7, 11) is 0. The first-order valence-corrected chi connectivity index (χ1v) is 6.74. The first-order valence-electron chi connectivity index (χ1n) is 6.74. The van der Waals surface area contributed by atoms with Gasteiger partial charge in [-0.2, -0.15) is 0 Å². The molecule has 0 aliphatic heterocycles. The van der Waals surface area contributed by atoms with E-state index in [4.69, 9.17) is 0 Å². The van der Waals surface area contributed by atoms with Gasteiger partial charge in [0.05, 0.1) is 0 Å². The zero-order valence-electron chi connectivity index (χ0n) is 11.0. The van der Waals surface area contributed by atoms with Gasteiger partial charge in [0.1, 0.15) is 0 Å². The zero-order valence-corrected chi connectivity index (χ0v) is 11.0. The lowest BCUT2D eigenvalue weighted by Crippen LogP contribution is -2.09. The fourth-order valence-corrected chi connectivity index (χ4v) is 1.70. The van der Waals surface area contributed by atoms with E-state index in [-0.39, 0.29) is 0 Å². The fourth-order valence-electron chi connectivity index (χ4n) is 1.70. The molecular formula is C14H30. The maximum atomic E-state index is 2.30. The first-order chi connectivity index (χ1) is 6.74. The molecular weight excluding hydrogens is 168 g/mol. The van der Waals surface area contributed by atoms with Crippen molar-refractivity contribution in [2.75, 3.05) is 0 Å². The maximum absolute atomic E-state index is 2.30. The molecule has 0 heteroatoms. The standard InChI is InChI=1S/C7H14.C5H10.C2H6/c1-2-4-7-5-3-6-7;1-4-3-5(4)2;1-2/h7H,2-6H2,1H3;4-5H,3H2,1-2H3;1-2H3. The highest BCUT2D eigenvalue weighted by atomic mass is 14.3. The molecule has 0 aromatic heterocycles. The minimum Gasteiger partial charge on any atom is -0.0683 e. The molecule has 0 spiro atoms. The van der Waals surface area contributed by atoms with Gasteiger partial charge >= 0.3 is 0 Å². The molecule has 86 valence electrons. The summed E-state index contributed by atoms with van der Waals surface area (Å²) in [4.78, 5) is 0. The van der Waals surface area contributed by atoms with Gasteiger partial charge in [-0.05, 0) is 24.2 Å². The van der Waals surface area contributed by atoms with Crippen LogP contribution in [0.1, 0.15) is 73.1 Å². The van der Waals surface area contributed by atoms with E-state index in [0.29, 0.717) is 0 Å². The molecule has 2 saturated carbocycles. The van der Waals surface area contributed by atoms with Gasteiger partial charge in [0, 0.05) is 0 Å². The van der Waals surface area contributed by atoms with Gasteiger partial charge in [-0.15, -0.1) is 0 Å². The third-order valence-electron chi connectivity index (χ3n) is 3.43. The van der Waals surface area contributed by atoms with Crippen LogP contribution < -0.4 is 0 Å². The Morgan fingerprint density at radius 3 is 1.50 bits per heavy atom. The minimum atomic E-state index is 1.05. The average molecular weight is 198 g/mol. The number of hydrogen-bond donors (Lipinski definition) is 0. The second kappa shape index (κ2) is 8.32. The van der Waals surface area contributed by atoms with E-state index in [9.17, 15) is 0 Å². The van der Waals surface area contributed by atoms with Crippen molar-refractivity contribution in [1.82, 2.24) is 0 Å². The summed E-state index contributed by atoms with van der Waals surface area (Å²) in [6, 6.07) is 0. The molecule has 0 radical (unpaired) electrons. The van der Waals surface area contributed by atoms with E-state index in [2.05, 4.69) is 20.8 Å². The largest absolute Gasteiger partial charge is 0.0683 e. The minimum absolute atomic E-state index is 1.05. The quantitative estimate of drug-likeness (QED) is 0.566. The van der Waals surface area contributed by atoms with Crippen molar-refractivity contribution in [2.24, 2.45) is 17.8 Å². The highest BCUT2D eigenvalue weighted by Crippen LogP contribution is 2.36. The summed E-state index contributed by atoms with van der Waals surface area (Å²) in [5.41, 5.74) is 0. The van der Waals surface area contributed by atoms with Crippen LogP contribution >= 0.6 is 0 Å². The van der Waals surface area contributed by atoms with Crippen LogP contribution in [0.2, 0.25) is 0 Å². The van der Waals surface area contributed by atoms with Crippen LogP contribution in [0.4, 0.5) is 0 Å². The van der Waals surface area contributed by atoms with Crippen LogP contribution in [-0.4, -0.2) is 0 Å². The summed E-state index contributed by atoms with van der Waals surface area (Å²) < 4.78 is 0. The third-order valence-corrected chi connectivity index (χ3v) is 3.43. The monoisotopic (exact) mass is 198 g/mol.